The van der Waals surface area contributed by atoms with E-state index in [0.29, 0.717) is 35.9 Å². The number of carbonyl (C=O) groups is 1. The highest BCUT2D eigenvalue weighted by Gasteiger charge is 2.62. The molecule has 2 saturated carbocycles. The van der Waals surface area contributed by atoms with Crippen molar-refractivity contribution in [3.8, 4) is 0 Å². The molecular formula is C22H28N2O2. The number of rotatable bonds is 3. The smallest absolute Gasteiger partial charge is 0.229 e. The van der Waals surface area contributed by atoms with Crippen LogP contribution in [-0.4, -0.2) is 45.6 Å². The van der Waals surface area contributed by atoms with Gasteiger partial charge in [-0.1, -0.05) is 30.3 Å². The first kappa shape index (κ1) is 15.6. The third-order valence-corrected chi connectivity index (χ3v) is 8.35. The van der Waals surface area contributed by atoms with Crippen molar-refractivity contribution in [2.24, 2.45) is 17.8 Å². The normalized spacial score (nSPS) is 46.5. The van der Waals surface area contributed by atoms with Crippen LogP contribution in [0.15, 0.2) is 30.3 Å². The summed E-state index contributed by atoms with van der Waals surface area (Å²) in [5.74, 6) is 2.24. The van der Waals surface area contributed by atoms with Gasteiger partial charge in [-0.05, 0) is 62.3 Å². The van der Waals surface area contributed by atoms with Gasteiger partial charge in [0.15, 0.2) is 0 Å². The molecule has 6 atom stereocenters. The molecule has 1 N–H and O–H groups in total. The topological polar surface area (TPSA) is 43.8 Å². The van der Waals surface area contributed by atoms with Gasteiger partial charge in [0.2, 0.25) is 5.91 Å². The van der Waals surface area contributed by atoms with Crippen molar-refractivity contribution in [1.82, 2.24) is 9.80 Å². The summed E-state index contributed by atoms with van der Waals surface area (Å²) in [6.45, 7) is 0.809. The number of piperidine rings is 1. The van der Waals surface area contributed by atoms with Gasteiger partial charge >= 0.3 is 0 Å². The van der Waals surface area contributed by atoms with Gasteiger partial charge in [0.25, 0.3) is 0 Å². The fourth-order valence-electron chi connectivity index (χ4n) is 7.18. The molecule has 4 nitrogen and oxygen atoms in total. The quantitative estimate of drug-likeness (QED) is 0.851. The van der Waals surface area contributed by atoms with Crippen molar-refractivity contribution >= 4 is 5.91 Å². The average Bonchev–Trinajstić information content (AvgIpc) is 3.31. The lowest BCUT2D eigenvalue weighted by atomic mass is 9.76. The van der Waals surface area contributed by atoms with Gasteiger partial charge in [-0.25, -0.2) is 0 Å². The summed E-state index contributed by atoms with van der Waals surface area (Å²) in [6.07, 6.45) is 7.81. The standard InChI is InChI=1S/C22H28N2O2/c25-21-19-14-6-7-15(10-14)20(19)24(21)13-23-17-8-9-18(23)12-22(26,11-17)16-4-2-1-3-5-16/h1-5,14-15,17-20,26H,6-13H2. The van der Waals surface area contributed by atoms with E-state index < -0.39 is 5.60 Å². The molecule has 3 aliphatic heterocycles. The minimum absolute atomic E-state index is 0.359. The number of hydrogen-bond donors (Lipinski definition) is 1. The maximum Gasteiger partial charge on any atom is 0.229 e. The lowest BCUT2D eigenvalue weighted by Crippen LogP contribution is -2.67. The van der Waals surface area contributed by atoms with Gasteiger partial charge in [-0.2, -0.15) is 0 Å². The summed E-state index contributed by atoms with van der Waals surface area (Å²) in [6, 6.07) is 11.5. The van der Waals surface area contributed by atoms with E-state index in [-0.39, 0.29) is 0 Å². The van der Waals surface area contributed by atoms with E-state index in [1.807, 2.05) is 18.2 Å². The van der Waals surface area contributed by atoms with Crippen LogP contribution < -0.4 is 0 Å². The van der Waals surface area contributed by atoms with Crippen LogP contribution in [0.4, 0.5) is 0 Å². The Labute approximate surface area is 155 Å². The zero-order chi connectivity index (χ0) is 17.5. The maximum absolute atomic E-state index is 12.7. The van der Waals surface area contributed by atoms with E-state index in [1.54, 1.807) is 0 Å². The van der Waals surface area contributed by atoms with E-state index in [4.69, 9.17) is 0 Å². The second-order valence-electron chi connectivity index (χ2n) is 9.50. The Bertz CT molecular complexity index is 721. The van der Waals surface area contributed by atoms with Gasteiger partial charge < -0.3 is 10.0 Å². The summed E-state index contributed by atoms with van der Waals surface area (Å²) in [5, 5.41) is 11.3. The summed E-state index contributed by atoms with van der Waals surface area (Å²) in [5.41, 5.74) is 0.363. The minimum Gasteiger partial charge on any atom is -0.385 e. The van der Waals surface area contributed by atoms with Gasteiger partial charge in [-0.3, -0.25) is 9.69 Å². The molecule has 4 bridgehead atoms. The number of carbonyl (C=O) groups excluding carboxylic acids is 1. The average molecular weight is 352 g/mol. The zero-order valence-corrected chi connectivity index (χ0v) is 15.3. The highest BCUT2D eigenvalue weighted by Crippen LogP contribution is 2.56. The fraction of sp³-hybridized carbons (Fsp3) is 0.682. The molecule has 0 spiro atoms. The van der Waals surface area contributed by atoms with Crippen LogP contribution in [0.1, 0.15) is 50.5 Å². The maximum atomic E-state index is 12.7. The highest BCUT2D eigenvalue weighted by molar-refractivity contribution is 5.87. The van der Waals surface area contributed by atoms with Crippen molar-refractivity contribution in [3.05, 3.63) is 35.9 Å². The first-order valence-electron chi connectivity index (χ1n) is 10.5. The minimum atomic E-state index is -0.697. The molecule has 3 saturated heterocycles. The Morgan fingerprint density at radius 3 is 2.42 bits per heavy atom. The number of nitrogens with zero attached hydrogens (tertiary/aromatic N) is 2. The number of β-lactam (4-membered cyclic amide) rings is 1. The Hall–Kier alpha value is -1.39. The Kier molecular flexibility index (Phi) is 3.20. The summed E-state index contributed by atoms with van der Waals surface area (Å²) in [4.78, 5) is 17.5. The molecular weight excluding hydrogens is 324 g/mol. The van der Waals surface area contributed by atoms with Crippen LogP contribution in [0.5, 0.6) is 0 Å². The molecule has 1 aromatic rings. The molecule has 6 rings (SSSR count). The second-order valence-corrected chi connectivity index (χ2v) is 9.50. The molecule has 0 aromatic heterocycles. The van der Waals surface area contributed by atoms with Crippen molar-refractivity contribution < 1.29 is 9.90 Å². The van der Waals surface area contributed by atoms with Crippen LogP contribution in [0.3, 0.4) is 0 Å². The SMILES string of the molecule is O=C1C2C3CCC(C3)C2N1CN1C2CCC1CC(O)(c1ccccc1)C2. The number of fused-ring (bicyclic) bond motifs is 7. The largest absolute Gasteiger partial charge is 0.385 e. The third kappa shape index (κ3) is 2.00. The summed E-state index contributed by atoms with van der Waals surface area (Å²) < 4.78 is 0. The number of likely N-dealkylation sites (tertiary alicyclic amines) is 1. The molecule has 6 unspecified atom stereocenters. The number of hydrogen-bond acceptors (Lipinski definition) is 3. The van der Waals surface area contributed by atoms with Crippen LogP contribution in [-0.2, 0) is 10.4 Å². The van der Waals surface area contributed by atoms with Gasteiger partial charge in [-0.15, -0.1) is 0 Å². The predicted octanol–water partition coefficient (Wildman–Crippen LogP) is 2.72. The molecule has 5 aliphatic rings. The van der Waals surface area contributed by atoms with Crippen LogP contribution >= 0.6 is 0 Å². The molecule has 5 fully saturated rings. The first-order chi connectivity index (χ1) is 12.6. The predicted molar refractivity (Wildman–Crippen MR) is 98.0 cm³/mol. The van der Waals surface area contributed by atoms with E-state index in [2.05, 4.69) is 21.9 Å². The zero-order valence-electron chi connectivity index (χ0n) is 15.3. The van der Waals surface area contributed by atoms with Gasteiger partial charge in [0, 0.05) is 18.1 Å². The van der Waals surface area contributed by atoms with E-state index in [0.717, 1.165) is 43.8 Å². The Balaban J connectivity index is 1.20. The van der Waals surface area contributed by atoms with Crippen molar-refractivity contribution in [3.63, 3.8) is 0 Å². The molecule has 26 heavy (non-hydrogen) atoms. The number of benzene rings is 1. The second kappa shape index (κ2) is 5.32. The molecule has 1 amide bonds. The first-order valence-corrected chi connectivity index (χ1v) is 10.5. The lowest BCUT2D eigenvalue weighted by molar-refractivity contribution is -0.169. The summed E-state index contributed by atoms with van der Waals surface area (Å²) in [7, 11) is 0. The molecule has 3 heterocycles. The van der Waals surface area contributed by atoms with Gasteiger partial charge in [0.1, 0.15) is 0 Å². The molecule has 1 aromatic carbocycles. The fourth-order valence-corrected chi connectivity index (χ4v) is 7.18. The molecule has 0 radical (unpaired) electrons. The van der Waals surface area contributed by atoms with Crippen LogP contribution in [0.2, 0.25) is 0 Å². The van der Waals surface area contributed by atoms with Crippen molar-refractivity contribution in [2.75, 3.05) is 6.67 Å². The molecule has 138 valence electrons. The lowest BCUT2D eigenvalue weighted by Gasteiger charge is -2.53. The summed E-state index contributed by atoms with van der Waals surface area (Å²) >= 11 is 0. The van der Waals surface area contributed by atoms with Crippen molar-refractivity contribution in [2.45, 2.75) is 68.7 Å². The van der Waals surface area contributed by atoms with Gasteiger partial charge in [0.05, 0.1) is 18.2 Å². The van der Waals surface area contributed by atoms with Crippen LogP contribution in [0, 0.1) is 17.8 Å². The Morgan fingerprint density at radius 2 is 1.69 bits per heavy atom. The van der Waals surface area contributed by atoms with E-state index in [1.165, 1.54) is 19.3 Å². The molecule has 4 heteroatoms. The highest BCUT2D eigenvalue weighted by atomic mass is 16.3. The Morgan fingerprint density at radius 1 is 1.00 bits per heavy atom. The monoisotopic (exact) mass is 352 g/mol. The van der Waals surface area contributed by atoms with Crippen molar-refractivity contribution in [1.29, 1.82) is 0 Å². The van der Waals surface area contributed by atoms with Crippen LogP contribution in [0.25, 0.3) is 0 Å². The number of aliphatic hydroxyl groups is 1. The third-order valence-electron chi connectivity index (χ3n) is 8.35. The molecule has 2 aliphatic carbocycles. The van der Waals surface area contributed by atoms with E-state index >= 15 is 0 Å². The number of amides is 1. The van der Waals surface area contributed by atoms with E-state index in [9.17, 15) is 9.90 Å².